The molecule has 1 aromatic carbocycles. The minimum atomic E-state index is -0.196. The standard InChI is InChI=1S/C12H14Cl2N2O2/c1-18-8-4-7(5-8)16-12(17)6-2-9(13)11(15)10(14)3-6/h2-3,7-8H,4-5,15H2,1H3,(H,16,17). The van der Waals surface area contributed by atoms with E-state index in [9.17, 15) is 4.79 Å². The third-order valence-corrected chi connectivity index (χ3v) is 3.73. The average Bonchev–Trinajstić information content (AvgIpc) is 2.29. The SMILES string of the molecule is COC1CC(NC(=O)c2cc(Cl)c(N)c(Cl)c2)C1. The number of amides is 1. The van der Waals surface area contributed by atoms with Crippen molar-refractivity contribution < 1.29 is 9.53 Å². The highest BCUT2D eigenvalue weighted by atomic mass is 35.5. The predicted molar refractivity (Wildman–Crippen MR) is 72.2 cm³/mol. The molecule has 0 bridgehead atoms. The molecule has 1 aliphatic rings. The highest BCUT2D eigenvalue weighted by molar-refractivity contribution is 6.39. The summed E-state index contributed by atoms with van der Waals surface area (Å²) in [6.45, 7) is 0. The number of carbonyl (C=O) groups is 1. The zero-order chi connectivity index (χ0) is 13.3. The summed E-state index contributed by atoms with van der Waals surface area (Å²) in [6, 6.07) is 3.19. The van der Waals surface area contributed by atoms with E-state index in [0.717, 1.165) is 12.8 Å². The molecule has 0 heterocycles. The number of anilines is 1. The maximum absolute atomic E-state index is 11.9. The van der Waals surface area contributed by atoms with Gasteiger partial charge in [-0.2, -0.15) is 0 Å². The van der Waals surface area contributed by atoms with Gasteiger partial charge >= 0.3 is 0 Å². The van der Waals surface area contributed by atoms with Gasteiger partial charge < -0.3 is 15.8 Å². The monoisotopic (exact) mass is 288 g/mol. The fourth-order valence-electron chi connectivity index (χ4n) is 1.86. The van der Waals surface area contributed by atoms with Crippen LogP contribution in [0.25, 0.3) is 0 Å². The van der Waals surface area contributed by atoms with E-state index in [2.05, 4.69) is 5.32 Å². The van der Waals surface area contributed by atoms with Gasteiger partial charge in [0, 0.05) is 18.7 Å². The zero-order valence-corrected chi connectivity index (χ0v) is 11.4. The van der Waals surface area contributed by atoms with Crippen LogP contribution in [-0.2, 0) is 4.74 Å². The topological polar surface area (TPSA) is 64.3 Å². The van der Waals surface area contributed by atoms with E-state index >= 15 is 0 Å². The van der Waals surface area contributed by atoms with Crippen LogP contribution in [0.4, 0.5) is 5.69 Å². The summed E-state index contributed by atoms with van der Waals surface area (Å²) in [5, 5.41) is 3.47. The molecule has 98 valence electrons. The number of ether oxygens (including phenoxy) is 1. The van der Waals surface area contributed by atoms with E-state index in [1.807, 2.05) is 0 Å². The van der Waals surface area contributed by atoms with Crippen molar-refractivity contribution in [3.8, 4) is 0 Å². The molecule has 0 unspecified atom stereocenters. The second-order valence-corrected chi connectivity index (χ2v) is 5.17. The molecule has 1 aromatic rings. The lowest BCUT2D eigenvalue weighted by Crippen LogP contribution is -2.47. The Morgan fingerprint density at radius 1 is 1.39 bits per heavy atom. The van der Waals surface area contributed by atoms with Crippen LogP contribution < -0.4 is 11.1 Å². The van der Waals surface area contributed by atoms with Crippen LogP contribution in [-0.4, -0.2) is 25.2 Å². The van der Waals surface area contributed by atoms with Gasteiger partial charge in [-0.05, 0) is 25.0 Å². The fourth-order valence-corrected chi connectivity index (χ4v) is 2.35. The van der Waals surface area contributed by atoms with Gasteiger partial charge in [-0.25, -0.2) is 0 Å². The van der Waals surface area contributed by atoms with Gasteiger partial charge in [-0.1, -0.05) is 23.2 Å². The summed E-state index contributed by atoms with van der Waals surface area (Å²) in [7, 11) is 1.67. The first kappa shape index (κ1) is 13.5. The number of methoxy groups -OCH3 is 1. The van der Waals surface area contributed by atoms with Gasteiger partial charge in [0.15, 0.2) is 0 Å². The Labute approximate surface area is 115 Å². The van der Waals surface area contributed by atoms with Crippen LogP contribution in [0.2, 0.25) is 10.0 Å². The van der Waals surface area contributed by atoms with Crippen molar-refractivity contribution >= 4 is 34.8 Å². The van der Waals surface area contributed by atoms with Crippen molar-refractivity contribution in [2.45, 2.75) is 25.0 Å². The van der Waals surface area contributed by atoms with Crippen molar-refractivity contribution in [2.24, 2.45) is 0 Å². The molecule has 18 heavy (non-hydrogen) atoms. The molecule has 3 N–H and O–H groups in total. The molecule has 1 aliphatic carbocycles. The minimum absolute atomic E-state index is 0.151. The molecule has 0 aliphatic heterocycles. The summed E-state index contributed by atoms with van der Waals surface area (Å²) in [5.41, 5.74) is 6.32. The van der Waals surface area contributed by atoms with Crippen molar-refractivity contribution in [3.05, 3.63) is 27.7 Å². The molecule has 0 saturated heterocycles. The Morgan fingerprint density at radius 2 is 1.94 bits per heavy atom. The third-order valence-electron chi connectivity index (χ3n) is 3.10. The first-order valence-corrected chi connectivity index (χ1v) is 6.35. The van der Waals surface area contributed by atoms with E-state index in [1.54, 1.807) is 7.11 Å². The summed E-state index contributed by atoms with van der Waals surface area (Å²) in [5.74, 6) is -0.196. The Hall–Kier alpha value is -0.970. The van der Waals surface area contributed by atoms with Crippen LogP contribution in [0.15, 0.2) is 12.1 Å². The molecule has 4 nitrogen and oxygen atoms in total. The van der Waals surface area contributed by atoms with E-state index in [0.29, 0.717) is 5.56 Å². The predicted octanol–water partition coefficient (Wildman–Crippen LogP) is 2.48. The van der Waals surface area contributed by atoms with Crippen molar-refractivity contribution in [3.63, 3.8) is 0 Å². The number of halogens is 2. The lowest BCUT2D eigenvalue weighted by Gasteiger charge is -2.34. The van der Waals surface area contributed by atoms with E-state index < -0.39 is 0 Å². The molecule has 0 radical (unpaired) electrons. The lowest BCUT2D eigenvalue weighted by molar-refractivity contribution is 0.0176. The molecule has 2 rings (SSSR count). The van der Waals surface area contributed by atoms with E-state index in [1.165, 1.54) is 12.1 Å². The first-order valence-electron chi connectivity index (χ1n) is 5.59. The second-order valence-electron chi connectivity index (χ2n) is 4.35. The highest BCUT2D eigenvalue weighted by Gasteiger charge is 2.30. The Bertz CT molecular complexity index is 450. The quantitative estimate of drug-likeness (QED) is 0.840. The smallest absolute Gasteiger partial charge is 0.251 e. The first-order chi connectivity index (χ1) is 8.51. The maximum atomic E-state index is 11.9. The summed E-state index contributed by atoms with van der Waals surface area (Å²) in [6.07, 6.45) is 1.91. The third kappa shape index (κ3) is 2.71. The molecule has 1 amide bonds. The van der Waals surface area contributed by atoms with Crippen LogP contribution >= 0.6 is 23.2 Å². The van der Waals surface area contributed by atoms with Crippen LogP contribution in [0.5, 0.6) is 0 Å². The Balaban J connectivity index is 2.02. The molecule has 0 atom stereocenters. The summed E-state index contributed by atoms with van der Waals surface area (Å²) >= 11 is 11.8. The number of hydrogen-bond acceptors (Lipinski definition) is 3. The lowest BCUT2D eigenvalue weighted by atomic mass is 9.89. The highest BCUT2D eigenvalue weighted by Crippen LogP contribution is 2.29. The molecule has 1 saturated carbocycles. The average molecular weight is 289 g/mol. The molecule has 0 aromatic heterocycles. The van der Waals surface area contributed by atoms with Crippen LogP contribution in [0.1, 0.15) is 23.2 Å². The van der Waals surface area contributed by atoms with Crippen molar-refractivity contribution in [2.75, 3.05) is 12.8 Å². The number of rotatable bonds is 3. The normalized spacial score (nSPS) is 22.4. The Kier molecular flexibility index (Phi) is 4.00. The van der Waals surface area contributed by atoms with Gasteiger partial charge in [-0.3, -0.25) is 4.79 Å². The maximum Gasteiger partial charge on any atom is 0.251 e. The zero-order valence-electron chi connectivity index (χ0n) is 9.87. The van der Waals surface area contributed by atoms with Gasteiger partial charge in [0.1, 0.15) is 0 Å². The van der Waals surface area contributed by atoms with Crippen LogP contribution in [0.3, 0.4) is 0 Å². The van der Waals surface area contributed by atoms with Gasteiger partial charge in [-0.15, -0.1) is 0 Å². The molecule has 1 fully saturated rings. The number of carbonyl (C=O) groups excluding carboxylic acids is 1. The van der Waals surface area contributed by atoms with E-state index in [4.69, 9.17) is 33.7 Å². The van der Waals surface area contributed by atoms with Crippen molar-refractivity contribution in [1.82, 2.24) is 5.32 Å². The Morgan fingerprint density at radius 3 is 2.44 bits per heavy atom. The molecular weight excluding hydrogens is 275 g/mol. The number of nitrogens with two attached hydrogens (primary N) is 1. The molecular formula is C12H14Cl2N2O2. The molecule has 6 heteroatoms. The van der Waals surface area contributed by atoms with Gasteiger partial charge in [0.05, 0.1) is 21.8 Å². The summed E-state index contributed by atoms with van der Waals surface area (Å²) in [4.78, 5) is 11.9. The van der Waals surface area contributed by atoms with Crippen molar-refractivity contribution in [1.29, 1.82) is 0 Å². The largest absolute Gasteiger partial charge is 0.396 e. The van der Waals surface area contributed by atoms with Crippen LogP contribution in [0, 0.1) is 0 Å². The van der Waals surface area contributed by atoms with Gasteiger partial charge in [0.25, 0.3) is 5.91 Å². The summed E-state index contributed by atoms with van der Waals surface area (Å²) < 4.78 is 5.15. The van der Waals surface area contributed by atoms with Gasteiger partial charge in [0.2, 0.25) is 0 Å². The second kappa shape index (κ2) is 5.34. The van der Waals surface area contributed by atoms with E-state index in [-0.39, 0.29) is 33.8 Å². The number of benzene rings is 1. The number of hydrogen-bond donors (Lipinski definition) is 2. The fraction of sp³-hybridized carbons (Fsp3) is 0.417. The number of nitrogens with one attached hydrogen (secondary N) is 1. The molecule has 0 spiro atoms. The minimum Gasteiger partial charge on any atom is -0.396 e. The number of nitrogen functional groups attached to an aromatic ring is 1.